The fraction of sp³-hybridized carbons (Fsp3) is 0.385. The quantitative estimate of drug-likeness (QED) is 0.778. The molecule has 0 saturated carbocycles. The van der Waals surface area contributed by atoms with Gasteiger partial charge in [0.1, 0.15) is 5.54 Å². The first-order valence-corrected chi connectivity index (χ1v) is 6.43. The van der Waals surface area contributed by atoms with Gasteiger partial charge in [-0.15, -0.1) is 0 Å². The number of anilines is 1. The first kappa shape index (κ1) is 11.6. The van der Waals surface area contributed by atoms with Crippen molar-refractivity contribution in [3.63, 3.8) is 0 Å². The highest BCUT2D eigenvalue weighted by molar-refractivity contribution is 7.80. The van der Waals surface area contributed by atoms with Crippen molar-refractivity contribution in [1.29, 1.82) is 0 Å². The molecule has 2 heterocycles. The summed E-state index contributed by atoms with van der Waals surface area (Å²) >= 11 is 5.31. The molecule has 3 rings (SSSR count). The third-order valence-corrected chi connectivity index (χ3v) is 3.81. The molecule has 0 atom stereocenters. The maximum Gasteiger partial charge on any atom is 0.259 e. The summed E-state index contributed by atoms with van der Waals surface area (Å²) in [6.07, 6.45) is 1.35. The molecule has 2 saturated heterocycles. The van der Waals surface area contributed by atoms with Crippen molar-refractivity contribution in [2.75, 3.05) is 18.1 Å². The molecular weight excluding hydrogens is 248 g/mol. The summed E-state index contributed by atoms with van der Waals surface area (Å²) in [5, 5.41) is 3.69. The van der Waals surface area contributed by atoms with E-state index in [-0.39, 0.29) is 5.91 Å². The molecule has 0 radical (unpaired) electrons. The van der Waals surface area contributed by atoms with Crippen LogP contribution in [0, 0.1) is 0 Å². The van der Waals surface area contributed by atoms with Crippen LogP contribution in [0.5, 0.6) is 0 Å². The van der Waals surface area contributed by atoms with Crippen molar-refractivity contribution in [2.24, 2.45) is 0 Å². The lowest BCUT2D eigenvalue weighted by Gasteiger charge is -2.30. The molecule has 1 aromatic rings. The van der Waals surface area contributed by atoms with Crippen LogP contribution >= 0.6 is 12.2 Å². The molecule has 4 nitrogen and oxygen atoms in total. The second-order valence-electron chi connectivity index (χ2n) is 4.60. The van der Waals surface area contributed by atoms with Gasteiger partial charge < -0.3 is 10.1 Å². The molecular formula is C13H14N2O2S. The molecule has 0 unspecified atom stereocenters. The number of carbonyl (C=O) groups is 1. The second kappa shape index (κ2) is 4.33. The van der Waals surface area contributed by atoms with Gasteiger partial charge in [0.2, 0.25) is 0 Å². The molecule has 1 spiro atoms. The summed E-state index contributed by atoms with van der Waals surface area (Å²) < 4.78 is 5.33. The van der Waals surface area contributed by atoms with Crippen LogP contribution in [0.2, 0.25) is 0 Å². The Morgan fingerprint density at radius 1 is 1.22 bits per heavy atom. The molecule has 0 aliphatic carbocycles. The molecule has 5 heteroatoms. The molecule has 2 fully saturated rings. The monoisotopic (exact) mass is 262 g/mol. The lowest BCUT2D eigenvalue weighted by atomic mass is 9.90. The first-order chi connectivity index (χ1) is 8.73. The lowest BCUT2D eigenvalue weighted by Crippen LogP contribution is -2.51. The Labute approximate surface area is 111 Å². The SMILES string of the molecule is O=C1N(c2ccccc2)C(=S)NC12CCOCC2. The zero-order valence-corrected chi connectivity index (χ0v) is 10.7. The minimum absolute atomic E-state index is 0.0435. The number of nitrogens with one attached hydrogen (secondary N) is 1. The standard InChI is InChI=1S/C13H14N2O2S/c16-11-13(6-8-17-9-7-13)14-12(18)15(11)10-4-2-1-3-5-10/h1-5H,6-9H2,(H,14,18). The van der Waals surface area contributed by atoms with Crippen LogP contribution in [-0.4, -0.2) is 29.8 Å². The predicted molar refractivity (Wildman–Crippen MR) is 72.4 cm³/mol. The number of carbonyl (C=O) groups excluding carboxylic acids is 1. The van der Waals surface area contributed by atoms with E-state index in [0.29, 0.717) is 31.2 Å². The van der Waals surface area contributed by atoms with Gasteiger partial charge in [0.25, 0.3) is 5.91 Å². The number of ether oxygens (including phenoxy) is 1. The molecule has 1 N–H and O–H groups in total. The average Bonchev–Trinajstić information content (AvgIpc) is 2.63. The summed E-state index contributed by atoms with van der Waals surface area (Å²) in [7, 11) is 0. The Bertz CT molecular complexity index is 483. The Balaban J connectivity index is 1.94. The third kappa shape index (κ3) is 1.71. The molecule has 2 aliphatic heterocycles. The average molecular weight is 262 g/mol. The van der Waals surface area contributed by atoms with Crippen molar-refractivity contribution >= 4 is 28.9 Å². The van der Waals surface area contributed by atoms with Crippen LogP contribution < -0.4 is 10.2 Å². The van der Waals surface area contributed by atoms with E-state index in [0.717, 1.165) is 5.69 Å². The van der Waals surface area contributed by atoms with Crippen LogP contribution in [0.1, 0.15) is 12.8 Å². The van der Waals surface area contributed by atoms with Gasteiger partial charge in [-0.25, -0.2) is 0 Å². The topological polar surface area (TPSA) is 41.6 Å². The van der Waals surface area contributed by atoms with E-state index in [4.69, 9.17) is 17.0 Å². The van der Waals surface area contributed by atoms with E-state index >= 15 is 0 Å². The van der Waals surface area contributed by atoms with Gasteiger partial charge >= 0.3 is 0 Å². The fourth-order valence-electron chi connectivity index (χ4n) is 2.49. The van der Waals surface area contributed by atoms with Crippen molar-refractivity contribution in [3.05, 3.63) is 30.3 Å². The van der Waals surface area contributed by atoms with Gasteiger partial charge in [-0.3, -0.25) is 9.69 Å². The Morgan fingerprint density at radius 3 is 2.56 bits per heavy atom. The Kier molecular flexibility index (Phi) is 2.80. The van der Waals surface area contributed by atoms with Crippen molar-refractivity contribution in [1.82, 2.24) is 5.32 Å². The van der Waals surface area contributed by atoms with Gasteiger partial charge in [0.05, 0.1) is 5.69 Å². The van der Waals surface area contributed by atoms with E-state index in [9.17, 15) is 4.79 Å². The van der Waals surface area contributed by atoms with Crippen LogP contribution in [0.25, 0.3) is 0 Å². The maximum absolute atomic E-state index is 12.6. The predicted octanol–water partition coefficient (Wildman–Crippen LogP) is 1.46. The van der Waals surface area contributed by atoms with Gasteiger partial charge in [-0.1, -0.05) is 18.2 Å². The highest BCUT2D eigenvalue weighted by Crippen LogP contribution is 2.31. The summed E-state index contributed by atoms with van der Waals surface area (Å²) in [4.78, 5) is 14.2. The van der Waals surface area contributed by atoms with Crippen molar-refractivity contribution in [3.8, 4) is 0 Å². The zero-order chi connectivity index (χ0) is 12.6. The number of hydrogen-bond acceptors (Lipinski definition) is 3. The minimum Gasteiger partial charge on any atom is -0.381 e. The molecule has 1 amide bonds. The van der Waals surface area contributed by atoms with Crippen LogP contribution in [0.15, 0.2) is 30.3 Å². The number of amides is 1. The number of para-hydroxylation sites is 1. The maximum atomic E-state index is 12.6. The normalized spacial score (nSPS) is 22.3. The lowest BCUT2D eigenvalue weighted by molar-refractivity contribution is -0.125. The number of hydrogen-bond donors (Lipinski definition) is 1. The number of thiocarbonyl (C=S) groups is 1. The highest BCUT2D eigenvalue weighted by atomic mass is 32.1. The van der Waals surface area contributed by atoms with E-state index < -0.39 is 5.54 Å². The summed E-state index contributed by atoms with van der Waals surface area (Å²) in [5.74, 6) is 0.0435. The van der Waals surface area contributed by atoms with E-state index in [1.54, 1.807) is 4.90 Å². The second-order valence-corrected chi connectivity index (χ2v) is 4.99. The smallest absolute Gasteiger partial charge is 0.259 e. The van der Waals surface area contributed by atoms with Crippen LogP contribution in [-0.2, 0) is 9.53 Å². The van der Waals surface area contributed by atoms with E-state index in [1.165, 1.54) is 0 Å². The van der Waals surface area contributed by atoms with E-state index in [2.05, 4.69) is 5.32 Å². The van der Waals surface area contributed by atoms with Gasteiger partial charge in [-0.2, -0.15) is 0 Å². The summed E-state index contributed by atoms with van der Waals surface area (Å²) in [5.41, 5.74) is 0.272. The minimum atomic E-state index is -0.550. The van der Waals surface area contributed by atoms with Crippen molar-refractivity contribution < 1.29 is 9.53 Å². The van der Waals surface area contributed by atoms with Gasteiger partial charge in [0.15, 0.2) is 5.11 Å². The highest BCUT2D eigenvalue weighted by Gasteiger charge is 2.50. The largest absolute Gasteiger partial charge is 0.381 e. The van der Waals surface area contributed by atoms with Crippen LogP contribution in [0.4, 0.5) is 5.69 Å². The first-order valence-electron chi connectivity index (χ1n) is 6.02. The number of nitrogens with zero attached hydrogens (tertiary/aromatic N) is 1. The number of rotatable bonds is 1. The Hall–Kier alpha value is -1.46. The molecule has 0 aromatic heterocycles. The zero-order valence-electron chi connectivity index (χ0n) is 9.89. The van der Waals surface area contributed by atoms with E-state index in [1.807, 2.05) is 30.3 Å². The molecule has 0 bridgehead atoms. The number of benzene rings is 1. The van der Waals surface area contributed by atoms with Gasteiger partial charge in [-0.05, 0) is 24.4 Å². The third-order valence-electron chi connectivity index (χ3n) is 3.52. The summed E-state index contributed by atoms with van der Waals surface area (Å²) in [6.45, 7) is 1.20. The van der Waals surface area contributed by atoms with Crippen LogP contribution in [0.3, 0.4) is 0 Å². The fourth-order valence-corrected chi connectivity index (χ4v) is 2.87. The molecule has 1 aromatic carbocycles. The van der Waals surface area contributed by atoms with Gasteiger partial charge in [0, 0.05) is 26.1 Å². The summed E-state index contributed by atoms with van der Waals surface area (Å²) in [6, 6.07) is 9.51. The molecule has 2 aliphatic rings. The molecule has 94 valence electrons. The Morgan fingerprint density at radius 2 is 1.89 bits per heavy atom. The van der Waals surface area contributed by atoms with Crippen molar-refractivity contribution in [2.45, 2.75) is 18.4 Å². The molecule has 18 heavy (non-hydrogen) atoms.